The number of benzene rings is 2. The van der Waals surface area contributed by atoms with Crippen LogP contribution in [0, 0.1) is 6.92 Å². The van der Waals surface area contributed by atoms with Gasteiger partial charge in [-0.2, -0.15) is 0 Å². The Morgan fingerprint density at radius 1 is 0.714 bits per heavy atom. The number of aryl methyl sites for hydroxylation is 1. The van der Waals surface area contributed by atoms with Crippen molar-refractivity contribution in [1.29, 1.82) is 0 Å². The van der Waals surface area contributed by atoms with E-state index in [-0.39, 0.29) is 0 Å². The summed E-state index contributed by atoms with van der Waals surface area (Å²) in [6.45, 7) is 2.09. The van der Waals surface area contributed by atoms with Crippen molar-refractivity contribution < 1.29 is 0 Å². The Bertz CT molecular complexity index is 368. The Labute approximate surface area is 89.2 Å². The van der Waals surface area contributed by atoms with Gasteiger partial charge < -0.3 is 0 Å². The van der Waals surface area contributed by atoms with E-state index in [1.807, 2.05) is 24.3 Å². The molecule has 0 radical (unpaired) electrons. The predicted octanol–water partition coefficient (Wildman–Crippen LogP) is 4.32. The summed E-state index contributed by atoms with van der Waals surface area (Å²) in [7, 11) is 0. The van der Waals surface area contributed by atoms with Gasteiger partial charge in [0.2, 0.25) is 0 Å². The van der Waals surface area contributed by atoms with Crippen molar-refractivity contribution in [2.75, 3.05) is 0 Å². The minimum Gasteiger partial charge on any atom is -0.0843 e. The molecule has 0 unspecified atom stereocenters. The third-order valence-corrected chi connectivity index (χ3v) is 2.48. The van der Waals surface area contributed by atoms with Crippen molar-refractivity contribution in [2.45, 2.75) is 6.92 Å². The van der Waals surface area contributed by atoms with Gasteiger partial charge in [-0.25, -0.2) is 0 Å². The van der Waals surface area contributed by atoms with E-state index in [1.165, 1.54) is 16.7 Å². The summed E-state index contributed by atoms with van der Waals surface area (Å²) in [5, 5.41) is 0.779. The number of rotatable bonds is 1. The van der Waals surface area contributed by atoms with Gasteiger partial charge in [-0.15, -0.1) is 0 Å². The topological polar surface area (TPSA) is 0 Å². The minimum atomic E-state index is 0.779. The first-order valence-electron chi connectivity index (χ1n) is 4.58. The zero-order chi connectivity index (χ0) is 9.97. The van der Waals surface area contributed by atoms with Crippen molar-refractivity contribution in [2.24, 2.45) is 0 Å². The lowest BCUT2D eigenvalue weighted by atomic mass is 10.0. The van der Waals surface area contributed by atoms with Gasteiger partial charge in [-0.1, -0.05) is 53.6 Å². The summed E-state index contributed by atoms with van der Waals surface area (Å²) in [5.74, 6) is 0. The van der Waals surface area contributed by atoms with Gasteiger partial charge in [0.1, 0.15) is 0 Å². The lowest BCUT2D eigenvalue weighted by Gasteiger charge is -2.01. The second kappa shape index (κ2) is 3.85. The van der Waals surface area contributed by atoms with E-state index >= 15 is 0 Å². The van der Waals surface area contributed by atoms with Crippen molar-refractivity contribution in [1.82, 2.24) is 0 Å². The second-order valence-electron chi connectivity index (χ2n) is 3.37. The molecule has 0 atom stereocenters. The number of hydrogen-bond donors (Lipinski definition) is 0. The van der Waals surface area contributed by atoms with Gasteiger partial charge in [0.15, 0.2) is 0 Å². The molecule has 1 heteroatoms. The van der Waals surface area contributed by atoms with E-state index in [4.69, 9.17) is 11.6 Å². The van der Waals surface area contributed by atoms with Crippen molar-refractivity contribution in [3.05, 3.63) is 59.1 Å². The molecule has 2 aromatic rings. The van der Waals surface area contributed by atoms with Crippen LogP contribution in [-0.4, -0.2) is 0 Å². The van der Waals surface area contributed by atoms with Crippen LogP contribution in [0.5, 0.6) is 0 Å². The van der Waals surface area contributed by atoms with E-state index in [0.29, 0.717) is 0 Å². The molecule has 0 N–H and O–H groups in total. The highest BCUT2D eigenvalue weighted by Gasteiger charge is 1.96. The summed E-state index contributed by atoms with van der Waals surface area (Å²) in [6, 6.07) is 16.4. The normalized spacial score (nSPS) is 10.1. The third-order valence-electron chi connectivity index (χ3n) is 2.23. The van der Waals surface area contributed by atoms with Crippen LogP contribution in [0.15, 0.2) is 48.5 Å². The molecule has 0 saturated carbocycles. The van der Waals surface area contributed by atoms with Crippen LogP contribution in [0.25, 0.3) is 11.1 Å². The smallest absolute Gasteiger partial charge is 0.0406 e. The monoisotopic (exact) mass is 202 g/mol. The first-order valence-corrected chi connectivity index (χ1v) is 4.96. The summed E-state index contributed by atoms with van der Waals surface area (Å²) in [4.78, 5) is 0. The van der Waals surface area contributed by atoms with Crippen LogP contribution in [0.4, 0.5) is 0 Å². The molecular weight excluding hydrogens is 192 g/mol. The van der Waals surface area contributed by atoms with Gasteiger partial charge in [-0.05, 0) is 30.2 Å². The van der Waals surface area contributed by atoms with Crippen molar-refractivity contribution in [3.8, 4) is 11.1 Å². The van der Waals surface area contributed by atoms with Crippen LogP contribution in [0.1, 0.15) is 5.56 Å². The molecule has 0 aliphatic carbocycles. The fraction of sp³-hybridized carbons (Fsp3) is 0.0769. The van der Waals surface area contributed by atoms with Crippen LogP contribution in [0.2, 0.25) is 5.02 Å². The molecule has 0 bridgehead atoms. The van der Waals surface area contributed by atoms with E-state index in [2.05, 4.69) is 31.2 Å². The molecule has 0 aliphatic rings. The summed E-state index contributed by atoms with van der Waals surface area (Å²) in [6.07, 6.45) is 0. The molecule has 14 heavy (non-hydrogen) atoms. The van der Waals surface area contributed by atoms with E-state index < -0.39 is 0 Å². The number of hydrogen-bond acceptors (Lipinski definition) is 0. The van der Waals surface area contributed by atoms with Crippen molar-refractivity contribution in [3.63, 3.8) is 0 Å². The van der Waals surface area contributed by atoms with Gasteiger partial charge >= 0.3 is 0 Å². The quantitative estimate of drug-likeness (QED) is 0.646. The summed E-state index contributed by atoms with van der Waals surface area (Å²) < 4.78 is 0. The molecule has 0 heterocycles. The largest absolute Gasteiger partial charge is 0.0843 e. The highest BCUT2D eigenvalue weighted by molar-refractivity contribution is 6.30. The Hall–Kier alpha value is -1.27. The van der Waals surface area contributed by atoms with Crippen LogP contribution in [0.3, 0.4) is 0 Å². The average molecular weight is 203 g/mol. The van der Waals surface area contributed by atoms with Gasteiger partial charge in [0.25, 0.3) is 0 Å². The summed E-state index contributed by atoms with van der Waals surface area (Å²) >= 11 is 5.82. The SMILES string of the molecule is Cc1ccc(-c2ccc(Cl)cc2)cc1. The molecular formula is C13H11Cl. The summed E-state index contributed by atoms with van der Waals surface area (Å²) in [5.41, 5.74) is 3.71. The first-order chi connectivity index (χ1) is 6.75. The van der Waals surface area contributed by atoms with E-state index in [1.54, 1.807) is 0 Å². The molecule has 0 amide bonds. The highest BCUT2D eigenvalue weighted by atomic mass is 35.5. The lowest BCUT2D eigenvalue weighted by Crippen LogP contribution is -1.77. The molecule has 2 aromatic carbocycles. The molecule has 0 aliphatic heterocycles. The highest BCUT2D eigenvalue weighted by Crippen LogP contribution is 2.21. The molecule has 2 rings (SSSR count). The Morgan fingerprint density at radius 2 is 1.14 bits per heavy atom. The number of halogens is 1. The lowest BCUT2D eigenvalue weighted by molar-refractivity contribution is 1.47. The molecule has 0 aromatic heterocycles. The fourth-order valence-corrected chi connectivity index (χ4v) is 1.51. The third kappa shape index (κ3) is 1.97. The predicted molar refractivity (Wildman–Crippen MR) is 61.6 cm³/mol. The Kier molecular flexibility index (Phi) is 2.55. The van der Waals surface area contributed by atoms with E-state index in [9.17, 15) is 0 Å². The first kappa shape index (κ1) is 9.29. The minimum absolute atomic E-state index is 0.779. The van der Waals surface area contributed by atoms with Crippen LogP contribution < -0.4 is 0 Å². The fourth-order valence-electron chi connectivity index (χ4n) is 1.39. The molecule has 70 valence electrons. The molecule has 0 saturated heterocycles. The zero-order valence-corrected chi connectivity index (χ0v) is 8.75. The second-order valence-corrected chi connectivity index (χ2v) is 3.81. The Morgan fingerprint density at radius 3 is 1.64 bits per heavy atom. The van der Waals surface area contributed by atoms with Crippen LogP contribution >= 0.6 is 11.6 Å². The van der Waals surface area contributed by atoms with Gasteiger partial charge in [0, 0.05) is 5.02 Å². The van der Waals surface area contributed by atoms with Crippen molar-refractivity contribution >= 4 is 11.6 Å². The molecule has 0 fully saturated rings. The standard InChI is InChI=1S/C13H11Cl/c1-10-2-4-11(5-3-10)12-6-8-13(14)9-7-12/h2-9H,1H3. The average Bonchev–Trinajstić information content (AvgIpc) is 2.21. The van der Waals surface area contributed by atoms with Gasteiger partial charge in [-0.3, -0.25) is 0 Å². The zero-order valence-electron chi connectivity index (χ0n) is 8.00. The Balaban J connectivity index is 2.40. The maximum atomic E-state index is 5.82. The van der Waals surface area contributed by atoms with Gasteiger partial charge in [0.05, 0.1) is 0 Å². The molecule has 0 nitrogen and oxygen atoms in total. The van der Waals surface area contributed by atoms with E-state index in [0.717, 1.165) is 5.02 Å². The maximum Gasteiger partial charge on any atom is 0.0406 e. The molecule has 0 spiro atoms. The van der Waals surface area contributed by atoms with Crippen LogP contribution in [-0.2, 0) is 0 Å². The maximum absolute atomic E-state index is 5.82.